The minimum Gasteiger partial charge on any atom is -0.329 e. The Morgan fingerprint density at radius 1 is 1.22 bits per heavy atom. The van der Waals surface area contributed by atoms with Crippen molar-refractivity contribution in [1.29, 1.82) is 0 Å². The van der Waals surface area contributed by atoms with Gasteiger partial charge in [0.15, 0.2) is 0 Å². The number of nitrogens with two attached hydrogens (primary N) is 1. The molecule has 0 bridgehead atoms. The fourth-order valence-electron chi connectivity index (χ4n) is 4.36. The fraction of sp³-hybridized carbons (Fsp3) is 1.00. The first-order valence-electron chi connectivity index (χ1n) is 7.84. The minimum atomic E-state index is 0.365. The predicted octanol–water partition coefficient (Wildman–Crippen LogP) is 1.53. The molecule has 1 atom stereocenters. The van der Waals surface area contributed by atoms with Crippen molar-refractivity contribution in [3.05, 3.63) is 0 Å². The summed E-state index contributed by atoms with van der Waals surface area (Å²) in [4.78, 5) is 5.44. The van der Waals surface area contributed by atoms with Gasteiger partial charge in [0.1, 0.15) is 0 Å². The molecule has 0 aromatic heterocycles. The molecule has 0 amide bonds. The maximum Gasteiger partial charge on any atom is 0.0338 e. The van der Waals surface area contributed by atoms with Gasteiger partial charge in [0.25, 0.3) is 0 Å². The van der Waals surface area contributed by atoms with Crippen molar-refractivity contribution in [3.8, 4) is 0 Å². The van der Waals surface area contributed by atoms with Crippen LogP contribution in [0.5, 0.6) is 0 Å². The van der Waals surface area contributed by atoms with E-state index in [1.54, 1.807) is 0 Å². The molecule has 1 saturated carbocycles. The minimum absolute atomic E-state index is 0.365. The van der Waals surface area contributed by atoms with Gasteiger partial charge in [-0.2, -0.15) is 0 Å². The zero-order chi connectivity index (χ0) is 12.8. The van der Waals surface area contributed by atoms with Gasteiger partial charge in [-0.25, -0.2) is 0 Å². The molecule has 3 rings (SSSR count). The Kier molecular flexibility index (Phi) is 3.41. The van der Waals surface area contributed by atoms with Gasteiger partial charge in [0.05, 0.1) is 0 Å². The SMILES string of the molecule is CC(C)C1CC(CN)(N2CCN3CCCC3C2)C1. The van der Waals surface area contributed by atoms with Crippen molar-refractivity contribution in [2.45, 2.75) is 51.1 Å². The van der Waals surface area contributed by atoms with E-state index < -0.39 is 0 Å². The van der Waals surface area contributed by atoms with Crippen LogP contribution in [0.25, 0.3) is 0 Å². The number of hydrogen-bond acceptors (Lipinski definition) is 3. The molecule has 2 saturated heterocycles. The van der Waals surface area contributed by atoms with Gasteiger partial charge in [-0.05, 0) is 44.1 Å². The summed E-state index contributed by atoms with van der Waals surface area (Å²) < 4.78 is 0. The van der Waals surface area contributed by atoms with Gasteiger partial charge in [0.2, 0.25) is 0 Å². The van der Waals surface area contributed by atoms with Crippen LogP contribution in [0.15, 0.2) is 0 Å². The quantitative estimate of drug-likeness (QED) is 0.825. The first-order chi connectivity index (χ1) is 8.64. The van der Waals surface area contributed by atoms with E-state index in [9.17, 15) is 0 Å². The second-order valence-corrected chi connectivity index (χ2v) is 7.12. The Labute approximate surface area is 112 Å². The topological polar surface area (TPSA) is 32.5 Å². The first-order valence-corrected chi connectivity index (χ1v) is 7.84. The Hall–Kier alpha value is -0.120. The van der Waals surface area contributed by atoms with Crippen molar-refractivity contribution < 1.29 is 0 Å². The number of nitrogens with zero attached hydrogens (tertiary/aromatic N) is 2. The van der Waals surface area contributed by atoms with Crippen molar-refractivity contribution in [2.75, 3.05) is 32.7 Å². The maximum absolute atomic E-state index is 6.14. The molecule has 1 aliphatic carbocycles. The number of hydrogen-bond donors (Lipinski definition) is 1. The average Bonchev–Trinajstić information content (AvgIpc) is 2.75. The lowest BCUT2D eigenvalue weighted by atomic mass is 9.63. The van der Waals surface area contributed by atoms with E-state index in [4.69, 9.17) is 5.73 Å². The van der Waals surface area contributed by atoms with Crippen molar-refractivity contribution in [2.24, 2.45) is 17.6 Å². The summed E-state index contributed by atoms with van der Waals surface area (Å²) in [5.41, 5.74) is 6.51. The normalized spacial score (nSPS) is 42.0. The predicted molar refractivity (Wildman–Crippen MR) is 75.5 cm³/mol. The summed E-state index contributed by atoms with van der Waals surface area (Å²) in [5.74, 6) is 1.74. The Morgan fingerprint density at radius 2 is 2.00 bits per heavy atom. The van der Waals surface area contributed by atoms with Gasteiger partial charge in [-0.1, -0.05) is 13.8 Å². The lowest BCUT2D eigenvalue weighted by Crippen LogP contribution is -2.67. The summed E-state index contributed by atoms with van der Waals surface area (Å²) in [6, 6.07) is 0.834. The molecule has 2 aliphatic heterocycles. The van der Waals surface area contributed by atoms with E-state index in [1.165, 1.54) is 51.9 Å². The standard InChI is InChI=1S/C15H29N3/c1-12(2)13-8-15(9-13,11-16)18-7-6-17-5-3-4-14(17)10-18/h12-14H,3-11,16H2,1-2H3. The molecule has 0 spiro atoms. The molecule has 2 N–H and O–H groups in total. The average molecular weight is 251 g/mol. The van der Waals surface area contributed by atoms with E-state index in [2.05, 4.69) is 23.6 Å². The number of piperazine rings is 1. The Bertz CT molecular complexity index is 296. The molecule has 3 fully saturated rings. The van der Waals surface area contributed by atoms with E-state index in [1.807, 2.05) is 0 Å². The monoisotopic (exact) mass is 251 g/mol. The zero-order valence-electron chi connectivity index (χ0n) is 12.1. The van der Waals surface area contributed by atoms with Crippen LogP contribution < -0.4 is 5.73 Å². The lowest BCUT2D eigenvalue weighted by molar-refractivity contribution is -0.0658. The van der Waals surface area contributed by atoms with Crippen LogP contribution in [0.2, 0.25) is 0 Å². The van der Waals surface area contributed by atoms with Crippen LogP contribution in [-0.2, 0) is 0 Å². The molecule has 2 heterocycles. The second kappa shape index (κ2) is 4.77. The maximum atomic E-state index is 6.14. The summed E-state index contributed by atoms with van der Waals surface area (Å²) in [7, 11) is 0. The van der Waals surface area contributed by atoms with Gasteiger partial charge in [-0.15, -0.1) is 0 Å². The van der Waals surface area contributed by atoms with E-state index >= 15 is 0 Å². The van der Waals surface area contributed by atoms with Gasteiger partial charge >= 0.3 is 0 Å². The smallest absolute Gasteiger partial charge is 0.0338 e. The molecule has 0 aromatic carbocycles. The second-order valence-electron chi connectivity index (χ2n) is 7.12. The summed E-state index contributed by atoms with van der Waals surface area (Å²) in [5, 5.41) is 0. The van der Waals surface area contributed by atoms with Crippen LogP contribution in [0.3, 0.4) is 0 Å². The van der Waals surface area contributed by atoms with Crippen LogP contribution in [0.4, 0.5) is 0 Å². The lowest BCUT2D eigenvalue weighted by Gasteiger charge is -2.58. The molecule has 3 nitrogen and oxygen atoms in total. The molecular formula is C15H29N3. The van der Waals surface area contributed by atoms with E-state index in [-0.39, 0.29) is 0 Å². The molecule has 18 heavy (non-hydrogen) atoms. The van der Waals surface area contributed by atoms with Crippen molar-refractivity contribution in [3.63, 3.8) is 0 Å². The van der Waals surface area contributed by atoms with Crippen molar-refractivity contribution in [1.82, 2.24) is 9.80 Å². The largest absolute Gasteiger partial charge is 0.329 e. The van der Waals surface area contributed by atoms with Crippen molar-refractivity contribution >= 4 is 0 Å². The van der Waals surface area contributed by atoms with Gasteiger partial charge in [0, 0.05) is 37.8 Å². The van der Waals surface area contributed by atoms with Crippen LogP contribution >= 0.6 is 0 Å². The molecule has 3 aliphatic rings. The Morgan fingerprint density at radius 3 is 2.67 bits per heavy atom. The third kappa shape index (κ3) is 2.00. The molecule has 3 heteroatoms. The van der Waals surface area contributed by atoms with Crippen LogP contribution in [0, 0.1) is 11.8 Å². The van der Waals surface area contributed by atoms with Gasteiger partial charge in [-0.3, -0.25) is 9.80 Å². The van der Waals surface area contributed by atoms with E-state index in [0.717, 1.165) is 24.4 Å². The summed E-state index contributed by atoms with van der Waals surface area (Å²) in [6.07, 6.45) is 5.50. The highest BCUT2D eigenvalue weighted by atomic mass is 15.3. The number of rotatable bonds is 3. The molecule has 0 radical (unpaired) electrons. The highest BCUT2D eigenvalue weighted by Gasteiger charge is 2.50. The number of fused-ring (bicyclic) bond motifs is 1. The third-order valence-corrected chi connectivity index (χ3v) is 5.87. The zero-order valence-corrected chi connectivity index (χ0v) is 12.1. The molecule has 1 unspecified atom stereocenters. The van der Waals surface area contributed by atoms with Crippen LogP contribution in [-0.4, -0.2) is 54.1 Å². The first kappa shape index (κ1) is 12.9. The summed E-state index contributed by atoms with van der Waals surface area (Å²) in [6.45, 7) is 10.7. The third-order valence-electron chi connectivity index (χ3n) is 5.87. The van der Waals surface area contributed by atoms with E-state index in [0.29, 0.717) is 5.54 Å². The molecular weight excluding hydrogens is 222 g/mol. The molecule has 104 valence electrons. The van der Waals surface area contributed by atoms with Crippen LogP contribution in [0.1, 0.15) is 39.5 Å². The molecule has 0 aromatic rings. The fourth-order valence-corrected chi connectivity index (χ4v) is 4.36. The highest BCUT2D eigenvalue weighted by Crippen LogP contribution is 2.46. The Balaban J connectivity index is 1.63. The highest BCUT2D eigenvalue weighted by molar-refractivity contribution is 5.06. The summed E-state index contributed by atoms with van der Waals surface area (Å²) >= 11 is 0. The van der Waals surface area contributed by atoms with Gasteiger partial charge < -0.3 is 5.73 Å².